The van der Waals surface area contributed by atoms with E-state index in [9.17, 15) is 0 Å². The van der Waals surface area contributed by atoms with Crippen molar-refractivity contribution >= 4 is 11.8 Å². The molecule has 0 aromatic rings. The van der Waals surface area contributed by atoms with Crippen LogP contribution in [-0.2, 0) is 0 Å². The standard InChI is InChI=1S/C10H19NS/c11-8-10(4-5-10)6-7-12-9-2-1-3-9/h9H,1-8,11H2. The predicted octanol–water partition coefficient (Wildman–Crippen LogP) is 2.40. The molecule has 0 aliphatic heterocycles. The zero-order valence-electron chi connectivity index (χ0n) is 7.72. The summed E-state index contributed by atoms with van der Waals surface area (Å²) in [5.74, 6) is 1.36. The average molecular weight is 185 g/mol. The van der Waals surface area contributed by atoms with Gasteiger partial charge in [-0.2, -0.15) is 11.8 Å². The zero-order chi connectivity index (χ0) is 8.44. The maximum atomic E-state index is 5.72. The van der Waals surface area contributed by atoms with E-state index in [-0.39, 0.29) is 0 Å². The highest BCUT2D eigenvalue weighted by molar-refractivity contribution is 7.99. The van der Waals surface area contributed by atoms with Crippen LogP contribution < -0.4 is 5.73 Å². The summed E-state index contributed by atoms with van der Waals surface area (Å²) in [5.41, 5.74) is 6.33. The molecule has 0 unspecified atom stereocenters. The average Bonchev–Trinajstić information content (AvgIpc) is 2.76. The lowest BCUT2D eigenvalue weighted by Crippen LogP contribution is -2.18. The van der Waals surface area contributed by atoms with Crippen LogP contribution in [-0.4, -0.2) is 17.5 Å². The Balaban J connectivity index is 1.56. The van der Waals surface area contributed by atoms with Crippen LogP contribution >= 0.6 is 11.8 Å². The third-order valence-electron chi connectivity index (χ3n) is 3.43. The van der Waals surface area contributed by atoms with E-state index in [1.54, 1.807) is 0 Å². The first kappa shape index (κ1) is 8.89. The van der Waals surface area contributed by atoms with Crippen LogP contribution in [0.1, 0.15) is 38.5 Å². The van der Waals surface area contributed by atoms with Gasteiger partial charge in [0.2, 0.25) is 0 Å². The smallest absolute Gasteiger partial charge is 0.00470 e. The highest BCUT2D eigenvalue weighted by Gasteiger charge is 2.40. The fourth-order valence-corrected chi connectivity index (χ4v) is 3.26. The van der Waals surface area contributed by atoms with E-state index < -0.39 is 0 Å². The number of nitrogens with two attached hydrogens (primary N) is 1. The molecule has 0 saturated heterocycles. The summed E-state index contributed by atoms with van der Waals surface area (Å²) in [6.45, 7) is 0.929. The van der Waals surface area contributed by atoms with E-state index in [0.29, 0.717) is 5.41 Å². The van der Waals surface area contributed by atoms with Gasteiger partial charge in [-0.1, -0.05) is 6.42 Å². The van der Waals surface area contributed by atoms with E-state index in [0.717, 1.165) is 11.8 Å². The van der Waals surface area contributed by atoms with E-state index >= 15 is 0 Å². The Morgan fingerprint density at radius 1 is 1.33 bits per heavy atom. The SMILES string of the molecule is NCC1(CCSC2CCC2)CC1. The van der Waals surface area contributed by atoms with Gasteiger partial charge in [0, 0.05) is 5.25 Å². The van der Waals surface area contributed by atoms with Crippen molar-refractivity contribution < 1.29 is 0 Å². The Morgan fingerprint density at radius 2 is 2.08 bits per heavy atom. The summed E-state index contributed by atoms with van der Waals surface area (Å²) in [6.07, 6.45) is 8.59. The molecule has 2 N–H and O–H groups in total. The molecule has 2 fully saturated rings. The molecule has 0 bridgehead atoms. The molecular weight excluding hydrogens is 166 g/mol. The van der Waals surface area contributed by atoms with Crippen LogP contribution in [0.4, 0.5) is 0 Å². The van der Waals surface area contributed by atoms with E-state index in [1.807, 2.05) is 0 Å². The second kappa shape index (κ2) is 3.59. The van der Waals surface area contributed by atoms with Crippen molar-refractivity contribution in [1.82, 2.24) is 0 Å². The molecule has 0 aromatic heterocycles. The first-order chi connectivity index (χ1) is 5.85. The first-order valence-corrected chi connectivity index (χ1v) is 6.21. The second-order valence-corrected chi connectivity index (χ2v) is 5.79. The molecule has 1 nitrogen and oxygen atoms in total. The minimum absolute atomic E-state index is 0.608. The third-order valence-corrected chi connectivity index (χ3v) is 4.81. The fraction of sp³-hybridized carbons (Fsp3) is 1.00. The molecule has 0 radical (unpaired) electrons. The molecular formula is C10H19NS. The molecule has 2 rings (SSSR count). The van der Waals surface area contributed by atoms with Crippen molar-refractivity contribution in [2.45, 2.75) is 43.8 Å². The van der Waals surface area contributed by atoms with Gasteiger partial charge >= 0.3 is 0 Å². The lowest BCUT2D eigenvalue weighted by Gasteiger charge is -2.25. The normalized spacial score (nSPS) is 26.8. The topological polar surface area (TPSA) is 26.0 Å². The number of hydrogen-bond donors (Lipinski definition) is 1. The lowest BCUT2D eigenvalue weighted by atomic mass is 10.00. The lowest BCUT2D eigenvalue weighted by molar-refractivity contribution is 0.500. The minimum Gasteiger partial charge on any atom is -0.330 e. The summed E-state index contributed by atoms with van der Waals surface area (Å²) in [7, 11) is 0. The first-order valence-electron chi connectivity index (χ1n) is 5.16. The van der Waals surface area contributed by atoms with Crippen LogP contribution in [0.3, 0.4) is 0 Å². The summed E-state index contributed by atoms with van der Waals surface area (Å²) in [5, 5.41) is 1.01. The van der Waals surface area contributed by atoms with Crippen molar-refractivity contribution in [3.8, 4) is 0 Å². The Hall–Kier alpha value is 0.310. The van der Waals surface area contributed by atoms with Gasteiger partial charge in [0.05, 0.1) is 0 Å². The van der Waals surface area contributed by atoms with Gasteiger partial charge in [0.1, 0.15) is 0 Å². The van der Waals surface area contributed by atoms with Crippen molar-refractivity contribution in [3.63, 3.8) is 0 Å². The van der Waals surface area contributed by atoms with Gasteiger partial charge in [0.25, 0.3) is 0 Å². The molecule has 2 saturated carbocycles. The fourth-order valence-electron chi connectivity index (χ4n) is 1.71. The Labute approximate surface area is 79.5 Å². The molecule has 0 amide bonds. The van der Waals surface area contributed by atoms with Gasteiger partial charge in [-0.15, -0.1) is 0 Å². The molecule has 0 spiro atoms. The molecule has 0 aromatic carbocycles. The highest BCUT2D eigenvalue weighted by Crippen LogP contribution is 2.48. The quantitative estimate of drug-likeness (QED) is 0.712. The van der Waals surface area contributed by atoms with Gasteiger partial charge in [-0.3, -0.25) is 0 Å². The molecule has 2 heteroatoms. The van der Waals surface area contributed by atoms with Crippen molar-refractivity contribution in [3.05, 3.63) is 0 Å². The van der Waals surface area contributed by atoms with E-state index in [2.05, 4.69) is 11.8 Å². The predicted molar refractivity (Wildman–Crippen MR) is 55.4 cm³/mol. The number of thioether (sulfide) groups is 1. The number of hydrogen-bond acceptors (Lipinski definition) is 2. The molecule has 0 heterocycles. The van der Waals surface area contributed by atoms with Crippen LogP contribution in [0.25, 0.3) is 0 Å². The summed E-state index contributed by atoms with van der Waals surface area (Å²) >= 11 is 2.19. The van der Waals surface area contributed by atoms with Crippen LogP contribution in [0.2, 0.25) is 0 Å². The molecule has 12 heavy (non-hydrogen) atoms. The largest absolute Gasteiger partial charge is 0.330 e. The van der Waals surface area contributed by atoms with Gasteiger partial charge in [-0.05, 0) is 49.8 Å². The van der Waals surface area contributed by atoms with Crippen LogP contribution in [0.5, 0.6) is 0 Å². The molecule has 2 aliphatic rings. The second-order valence-electron chi connectivity index (χ2n) is 4.38. The Morgan fingerprint density at radius 3 is 2.50 bits per heavy atom. The Bertz CT molecular complexity index is 150. The summed E-state index contributed by atoms with van der Waals surface area (Å²) in [6, 6.07) is 0. The monoisotopic (exact) mass is 185 g/mol. The van der Waals surface area contributed by atoms with E-state index in [4.69, 9.17) is 5.73 Å². The highest BCUT2D eigenvalue weighted by atomic mass is 32.2. The minimum atomic E-state index is 0.608. The van der Waals surface area contributed by atoms with Gasteiger partial charge < -0.3 is 5.73 Å². The maximum Gasteiger partial charge on any atom is 0.00470 e. The molecule has 0 atom stereocenters. The van der Waals surface area contributed by atoms with Crippen molar-refractivity contribution in [2.24, 2.45) is 11.1 Å². The molecule has 2 aliphatic carbocycles. The number of rotatable bonds is 5. The van der Waals surface area contributed by atoms with Gasteiger partial charge in [0.15, 0.2) is 0 Å². The van der Waals surface area contributed by atoms with E-state index in [1.165, 1.54) is 44.3 Å². The summed E-state index contributed by atoms with van der Waals surface area (Å²) in [4.78, 5) is 0. The van der Waals surface area contributed by atoms with Gasteiger partial charge in [-0.25, -0.2) is 0 Å². The summed E-state index contributed by atoms with van der Waals surface area (Å²) < 4.78 is 0. The molecule has 70 valence electrons. The van der Waals surface area contributed by atoms with Crippen molar-refractivity contribution in [1.29, 1.82) is 0 Å². The zero-order valence-corrected chi connectivity index (χ0v) is 8.54. The van der Waals surface area contributed by atoms with Crippen LogP contribution in [0, 0.1) is 5.41 Å². The van der Waals surface area contributed by atoms with Crippen molar-refractivity contribution in [2.75, 3.05) is 12.3 Å². The third kappa shape index (κ3) is 1.97. The Kier molecular flexibility index (Phi) is 2.66. The van der Waals surface area contributed by atoms with Crippen LogP contribution in [0.15, 0.2) is 0 Å². The maximum absolute atomic E-state index is 5.72.